The summed E-state index contributed by atoms with van der Waals surface area (Å²) in [6.45, 7) is 0. The second-order valence-electron chi connectivity index (χ2n) is 6.21. The van der Waals surface area contributed by atoms with Crippen LogP contribution in [0.15, 0.2) is 41.2 Å². The second-order valence-corrected chi connectivity index (χ2v) is 7.28. The predicted molar refractivity (Wildman–Crippen MR) is 102 cm³/mol. The number of ether oxygens (including phenoxy) is 1. The normalized spacial score (nSPS) is 12.0. The van der Waals surface area contributed by atoms with Gasteiger partial charge in [-0.3, -0.25) is 14.6 Å². The molecule has 3 rings (SSSR count). The largest absolute Gasteiger partial charge is 0.494 e. The van der Waals surface area contributed by atoms with E-state index in [0.717, 1.165) is 16.9 Å². The van der Waals surface area contributed by atoms with Gasteiger partial charge in [0.15, 0.2) is 11.6 Å². The minimum Gasteiger partial charge on any atom is -0.494 e. The predicted octanol–water partition coefficient (Wildman–Crippen LogP) is 2.76. The molecule has 5 N–H and O–H groups in total. The maximum Gasteiger partial charge on any atom is 0.320 e. The van der Waals surface area contributed by atoms with Crippen LogP contribution in [0.4, 0.5) is 8.78 Å². The molecule has 0 aliphatic rings. The minimum absolute atomic E-state index is 0.162. The van der Waals surface area contributed by atoms with E-state index in [-0.39, 0.29) is 34.2 Å². The van der Waals surface area contributed by atoms with Crippen LogP contribution in [0.1, 0.15) is 16.0 Å². The van der Waals surface area contributed by atoms with E-state index in [0.29, 0.717) is 11.3 Å². The average Bonchev–Trinajstić information content (AvgIpc) is 2.99. The van der Waals surface area contributed by atoms with Gasteiger partial charge in [-0.15, -0.1) is 0 Å². The van der Waals surface area contributed by atoms with Gasteiger partial charge in [-0.2, -0.15) is 4.39 Å². The Morgan fingerprint density at radius 1 is 1.17 bits per heavy atom. The number of aliphatic carboxylic acids is 1. The Hall–Kier alpha value is -3.24. The van der Waals surface area contributed by atoms with Crippen LogP contribution in [0.3, 0.4) is 0 Å². The summed E-state index contributed by atoms with van der Waals surface area (Å²) in [5.41, 5.74) is 5.96. The fourth-order valence-corrected chi connectivity index (χ4v) is 3.35. The van der Waals surface area contributed by atoms with Crippen LogP contribution >= 0.6 is 11.3 Å². The molecular weight excluding hydrogens is 406 g/mol. The van der Waals surface area contributed by atoms with Crippen LogP contribution in [-0.4, -0.2) is 27.2 Å². The van der Waals surface area contributed by atoms with Gasteiger partial charge >= 0.3 is 10.8 Å². The van der Waals surface area contributed by atoms with E-state index in [1.165, 1.54) is 24.3 Å². The highest BCUT2D eigenvalue weighted by Crippen LogP contribution is 2.29. The van der Waals surface area contributed by atoms with Gasteiger partial charge in [0, 0.05) is 12.8 Å². The molecular formula is C19H16F2N2O5S. The first-order valence-corrected chi connectivity index (χ1v) is 9.19. The van der Waals surface area contributed by atoms with Crippen molar-refractivity contribution in [3.63, 3.8) is 0 Å². The number of aromatic amines is 1. The van der Waals surface area contributed by atoms with Gasteiger partial charge in [0.1, 0.15) is 11.8 Å². The van der Waals surface area contributed by atoms with Gasteiger partial charge in [-0.25, -0.2) is 4.39 Å². The Morgan fingerprint density at radius 2 is 1.86 bits per heavy atom. The number of carboxylic acids is 1. The Kier molecular flexibility index (Phi) is 5.95. The minimum atomic E-state index is -1.35. The molecule has 10 heteroatoms. The van der Waals surface area contributed by atoms with Crippen molar-refractivity contribution in [1.82, 2.24) is 4.98 Å². The number of halogens is 2. The zero-order valence-electron chi connectivity index (χ0n) is 14.8. The first-order valence-electron chi connectivity index (χ1n) is 8.37. The molecule has 0 radical (unpaired) electrons. The molecule has 0 aliphatic carbocycles. The monoisotopic (exact) mass is 422 g/mol. The maximum atomic E-state index is 14.3. The Bertz CT molecular complexity index is 1090. The van der Waals surface area contributed by atoms with Crippen molar-refractivity contribution in [1.29, 1.82) is 0 Å². The first-order chi connectivity index (χ1) is 13.7. The number of carboxylic acid groups (broad SMARTS) is 1. The van der Waals surface area contributed by atoms with Gasteiger partial charge < -0.3 is 20.7 Å². The highest BCUT2D eigenvalue weighted by atomic mass is 32.1. The quantitative estimate of drug-likeness (QED) is 0.464. The van der Waals surface area contributed by atoms with Gasteiger partial charge in [0.2, 0.25) is 11.7 Å². The average molecular weight is 422 g/mol. The molecule has 0 amide bonds. The number of aromatic nitrogens is 1. The number of hydrogen-bond donors (Lipinski definition) is 4. The van der Waals surface area contributed by atoms with Gasteiger partial charge in [-0.05, 0) is 29.3 Å². The van der Waals surface area contributed by atoms with Gasteiger partial charge in [0.05, 0.1) is 4.88 Å². The SMILES string of the molecule is NC(Cc1ccc(Oc2ccc(Cc3sc(=O)[nH]c3O)cc2)c(F)c1F)C(=O)O. The Morgan fingerprint density at radius 3 is 2.45 bits per heavy atom. The van der Waals surface area contributed by atoms with Crippen molar-refractivity contribution in [2.45, 2.75) is 18.9 Å². The smallest absolute Gasteiger partial charge is 0.320 e. The van der Waals surface area contributed by atoms with Crippen molar-refractivity contribution >= 4 is 17.3 Å². The fraction of sp³-hybridized carbons (Fsp3) is 0.158. The van der Waals surface area contributed by atoms with Crippen molar-refractivity contribution in [3.05, 3.63) is 73.7 Å². The zero-order valence-corrected chi connectivity index (χ0v) is 15.6. The molecule has 2 aromatic carbocycles. The molecule has 29 heavy (non-hydrogen) atoms. The van der Waals surface area contributed by atoms with E-state index < -0.39 is 23.6 Å². The number of thiazole rings is 1. The van der Waals surface area contributed by atoms with Crippen molar-refractivity contribution in [2.24, 2.45) is 5.73 Å². The molecule has 0 aliphatic heterocycles. The number of nitrogens with two attached hydrogens (primary N) is 1. The summed E-state index contributed by atoms with van der Waals surface area (Å²) in [5.74, 6) is -4.07. The van der Waals surface area contributed by atoms with E-state index in [1.54, 1.807) is 12.1 Å². The molecule has 0 bridgehead atoms. The summed E-state index contributed by atoms with van der Waals surface area (Å²) < 4.78 is 33.8. The zero-order chi connectivity index (χ0) is 21.1. The molecule has 152 valence electrons. The van der Waals surface area contributed by atoms with Crippen molar-refractivity contribution in [2.75, 3.05) is 0 Å². The molecule has 1 aromatic heterocycles. The third-order valence-corrected chi connectivity index (χ3v) is 4.97. The Labute approximate surface area is 167 Å². The van der Waals surface area contributed by atoms with Crippen LogP contribution in [0.5, 0.6) is 17.4 Å². The summed E-state index contributed by atoms with van der Waals surface area (Å²) in [4.78, 5) is 24.4. The van der Waals surface area contributed by atoms with Gasteiger partial charge in [0.25, 0.3) is 0 Å². The summed E-state index contributed by atoms with van der Waals surface area (Å²) in [7, 11) is 0. The molecule has 0 saturated heterocycles. The first kappa shape index (κ1) is 20.5. The molecule has 1 unspecified atom stereocenters. The van der Waals surface area contributed by atoms with Crippen LogP contribution < -0.4 is 15.3 Å². The summed E-state index contributed by atoms with van der Waals surface area (Å²) in [6.07, 6.45) is -0.0395. The lowest BCUT2D eigenvalue weighted by atomic mass is 10.1. The third-order valence-electron chi connectivity index (χ3n) is 4.10. The molecule has 0 spiro atoms. The molecule has 0 saturated carbocycles. The van der Waals surface area contributed by atoms with Crippen molar-refractivity contribution in [3.8, 4) is 17.4 Å². The van der Waals surface area contributed by atoms with E-state index in [4.69, 9.17) is 15.6 Å². The number of carbonyl (C=O) groups is 1. The molecule has 1 heterocycles. The third kappa shape index (κ3) is 4.79. The topological polar surface area (TPSA) is 126 Å². The van der Waals surface area contributed by atoms with Crippen LogP contribution in [0.25, 0.3) is 0 Å². The summed E-state index contributed by atoms with van der Waals surface area (Å²) >= 11 is 0.897. The summed E-state index contributed by atoms with van der Waals surface area (Å²) in [6, 6.07) is 7.47. The Balaban J connectivity index is 1.73. The number of aromatic hydroxyl groups is 1. The number of benzene rings is 2. The number of rotatable bonds is 7. The van der Waals surface area contributed by atoms with Crippen LogP contribution in [0, 0.1) is 11.6 Å². The lowest BCUT2D eigenvalue weighted by Gasteiger charge is -2.12. The van der Waals surface area contributed by atoms with Crippen LogP contribution in [-0.2, 0) is 17.6 Å². The number of nitrogens with one attached hydrogen (secondary N) is 1. The molecule has 3 aromatic rings. The lowest BCUT2D eigenvalue weighted by Crippen LogP contribution is -2.32. The van der Waals surface area contributed by atoms with Crippen molar-refractivity contribution < 1.29 is 28.5 Å². The lowest BCUT2D eigenvalue weighted by molar-refractivity contribution is -0.138. The van der Waals surface area contributed by atoms with E-state index in [9.17, 15) is 23.5 Å². The van der Waals surface area contributed by atoms with E-state index in [2.05, 4.69) is 4.98 Å². The number of H-pyrrole nitrogens is 1. The van der Waals surface area contributed by atoms with E-state index >= 15 is 0 Å². The summed E-state index contributed by atoms with van der Waals surface area (Å²) in [5, 5.41) is 18.4. The fourth-order valence-electron chi connectivity index (χ4n) is 2.59. The number of hydrogen-bond acceptors (Lipinski definition) is 6. The molecule has 7 nitrogen and oxygen atoms in total. The highest BCUT2D eigenvalue weighted by molar-refractivity contribution is 7.09. The second kappa shape index (κ2) is 8.41. The standard InChI is InChI=1S/C19H16F2N2O5S/c20-15-10(8-12(22)18(25)26)3-6-13(16(15)21)28-11-4-1-9(2-5-11)7-14-17(24)23-19(27)29-14/h1-6,12,24H,7-8,22H2,(H,23,27)(H,25,26). The molecule has 1 atom stereocenters. The highest BCUT2D eigenvalue weighted by Gasteiger charge is 2.20. The molecule has 0 fully saturated rings. The van der Waals surface area contributed by atoms with Crippen LogP contribution in [0.2, 0.25) is 0 Å². The van der Waals surface area contributed by atoms with Gasteiger partial charge in [-0.1, -0.05) is 29.5 Å². The van der Waals surface area contributed by atoms with E-state index in [1.807, 2.05) is 0 Å². The maximum absolute atomic E-state index is 14.3.